The molecule has 7 nitrogen and oxygen atoms in total. The van der Waals surface area contributed by atoms with Crippen molar-refractivity contribution in [3.8, 4) is 11.7 Å². The quantitative estimate of drug-likeness (QED) is 0.751. The van der Waals surface area contributed by atoms with Crippen molar-refractivity contribution in [2.75, 3.05) is 6.54 Å². The van der Waals surface area contributed by atoms with Crippen molar-refractivity contribution in [1.29, 1.82) is 0 Å². The van der Waals surface area contributed by atoms with Crippen LogP contribution in [0.3, 0.4) is 0 Å². The Labute approximate surface area is 135 Å². The van der Waals surface area contributed by atoms with Gasteiger partial charge in [0.15, 0.2) is 18.3 Å². The van der Waals surface area contributed by atoms with Crippen molar-refractivity contribution in [1.82, 2.24) is 15.5 Å². The molecule has 0 bridgehead atoms. The Morgan fingerprint density at radius 1 is 1.48 bits per heavy atom. The molecule has 0 radical (unpaired) electrons. The second-order valence-corrected chi connectivity index (χ2v) is 6.07. The van der Waals surface area contributed by atoms with Gasteiger partial charge in [-0.25, -0.2) is 0 Å². The molecule has 0 aliphatic heterocycles. The number of quaternary nitrogens is 1. The molecule has 3 rings (SSSR count). The molecule has 1 saturated carbocycles. The zero-order chi connectivity index (χ0) is 16.2. The van der Waals surface area contributed by atoms with Crippen LogP contribution in [0.4, 0.5) is 0 Å². The lowest BCUT2D eigenvalue weighted by Gasteiger charge is -2.23. The highest BCUT2D eigenvalue weighted by molar-refractivity contribution is 5.80. The molecule has 2 N–H and O–H groups in total. The first-order chi connectivity index (χ1) is 11.2. The molecule has 2 aromatic rings. The predicted molar refractivity (Wildman–Crippen MR) is 82.5 cm³/mol. The van der Waals surface area contributed by atoms with Crippen LogP contribution in [0.25, 0.3) is 11.7 Å². The van der Waals surface area contributed by atoms with E-state index in [1.807, 2.05) is 6.92 Å². The van der Waals surface area contributed by atoms with Crippen molar-refractivity contribution in [2.24, 2.45) is 0 Å². The van der Waals surface area contributed by atoms with E-state index in [4.69, 9.17) is 8.83 Å². The van der Waals surface area contributed by atoms with Gasteiger partial charge in [0.05, 0.1) is 12.8 Å². The maximum Gasteiger partial charge on any atom is 0.283 e. The summed E-state index contributed by atoms with van der Waals surface area (Å²) in [6, 6.07) is 3.79. The first-order valence-electron chi connectivity index (χ1n) is 8.18. The summed E-state index contributed by atoms with van der Waals surface area (Å²) in [6.45, 7) is 5.46. The second kappa shape index (κ2) is 6.95. The standard InChI is InChI=1S/C16H22N4O3/c1-3-8-20(11(2)15(21)17-12-6-7-12)10-14-18-19-16(23-14)13-5-4-9-22-13/h4-5,9,11-12H,3,6-8,10H2,1-2H3,(H,17,21)/p+1/t11-/m1/s1. The third-order valence-corrected chi connectivity index (χ3v) is 4.08. The molecule has 2 atom stereocenters. The fraction of sp³-hybridized carbons (Fsp3) is 0.562. The molecule has 2 heterocycles. The first kappa shape index (κ1) is 15.7. The van der Waals surface area contributed by atoms with Crippen LogP contribution < -0.4 is 10.2 Å². The highest BCUT2D eigenvalue weighted by atomic mass is 16.4. The van der Waals surface area contributed by atoms with Gasteiger partial charge in [0.25, 0.3) is 17.7 Å². The SMILES string of the molecule is CCC[NH+](Cc1nnc(-c2ccco2)o1)[C@H](C)C(=O)NC1CC1. The van der Waals surface area contributed by atoms with Crippen LogP contribution in [0.5, 0.6) is 0 Å². The number of aromatic nitrogens is 2. The number of rotatable bonds is 8. The Balaban J connectivity index is 1.65. The summed E-state index contributed by atoms with van der Waals surface area (Å²) in [5.74, 6) is 1.55. The molecular weight excluding hydrogens is 296 g/mol. The van der Waals surface area contributed by atoms with E-state index in [-0.39, 0.29) is 11.9 Å². The predicted octanol–water partition coefficient (Wildman–Crippen LogP) is 0.792. The number of amides is 1. The molecule has 23 heavy (non-hydrogen) atoms. The third-order valence-electron chi connectivity index (χ3n) is 4.08. The van der Waals surface area contributed by atoms with Gasteiger partial charge in [-0.05, 0) is 38.3 Å². The normalized spacial score (nSPS) is 17.0. The summed E-state index contributed by atoms with van der Waals surface area (Å²) in [5.41, 5.74) is 0. The Kier molecular flexibility index (Phi) is 4.76. The van der Waals surface area contributed by atoms with Gasteiger partial charge in [-0.2, -0.15) is 0 Å². The van der Waals surface area contributed by atoms with E-state index < -0.39 is 0 Å². The molecule has 0 aromatic carbocycles. The second-order valence-electron chi connectivity index (χ2n) is 6.07. The first-order valence-corrected chi connectivity index (χ1v) is 8.18. The van der Waals surface area contributed by atoms with E-state index in [2.05, 4.69) is 22.4 Å². The Morgan fingerprint density at radius 3 is 2.96 bits per heavy atom. The Bertz CT molecular complexity index is 634. The molecule has 1 aliphatic carbocycles. The summed E-state index contributed by atoms with van der Waals surface area (Å²) >= 11 is 0. The number of furan rings is 1. The lowest BCUT2D eigenvalue weighted by atomic mass is 10.2. The van der Waals surface area contributed by atoms with Crippen LogP contribution in [0.15, 0.2) is 27.2 Å². The number of hydrogen-bond donors (Lipinski definition) is 2. The average Bonchev–Trinajstić information content (AvgIpc) is 3.04. The zero-order valence-electron chi connectivity index (χ0n) is 13.5. The highest BCUT2D eigenvalue weighted by Crippen LogP contribution is 2.19. The highest BCUT2D eigenvalue weighted by Gasteiger charge is 2.31. The fourth-order valence-corrected chi connectivity index (χ4v) is 2.54. The molecule has 0 spiro atoms. The lowest BCUT2D eigenvalue weighted by molar-refractivity contribution is -0.929. The summed E-state index contributed by atoms with van der Waals surface area (Å²) in [4.78, 5) is 13.4. The number of nitrogens with one attached hydrogen (secondary N) is 2. The molecule has 7 heteroatoms. The van der Waals surface area contributed by atoms with Crippen LogP contribution >= 0.6 is 0 Å². The summed E-state index contributed by atoms with van der Waals surface area (Å²) in [6.07, 6.45) is 4.74. The van der Waals surface area contributed by atoms with E-state index in [0.717, 1.165) is 30.7 Å². The van der Waals surface area contributed by atoms with Crippen LogP contribution in [-0.2, 0) is 11.3 Å². The molecular formula is C16H23N4O3+. The number of carbonyl (C=O) groups excluding carboxylic acids is 1. The summed E-state index contributed by atoms with van der Waals surface area (Å²) in [7, 11) is 0. The number of carbonyl (C=O) groups is 1. The molecule has 1 unspecified atom stereocenters. The molecule has 124 valence electrons. The van der Waals surface area contributed by atoms with Gasteiger partial charge in [0.1, 0.15) is 0 Å². The molecule has 1 aliphatic rings. The molecule has 0 saturated heterocycles. The smallest absolute Gasteiger partial charge is 0.283 e. The minimum Gasteiger partial charge on any atom is -0.459 e. The summed E-state index contributed by atoms with van der Waals surface area (Å²) in [5, 5.41) is 11.2. The summed E-state index contributed by atoms with van der Waals surface area (Å²) < 4.78 is 10.9. The van der Waals surface area contributed by atoms with Gasteiger partial charge in [0.2, 0.25) is 0 Å². The number of hydrogen-bond acceptors (Lipinski definition) is 5. The van der Waals surface area contributed by atoms with Gasteiger partial charge < -0.3 is 19.1 Å². The van der Waals surface area contributed by atoms with Gasteiger partial charge >= 0.3 is 0 Å². The van der Waals surface area contributed by atoms with E-state index in [1.54, 1.807) is 18.4 Å². The maximum atomic E-state index is 12.3. The lowest BCUT2D eigenvalue weighted by Crippen LogP contribution is -3.15. The fourth-order valence-electron chi connectivity index (χ4n) is 2.54. The van der Waals surface area contributed by atoms with Crippen molar-refractivity contribution >= 4 is 5.91 Å². The number of nitrogens with zero attached hydrogens (tertiary/aromatic N) is 2. The van der Waals surface area contributed by atoms with E-state index in [9.17, 15) is 4.79 Å². The zero-order valence-corrected chi connectivity index (χ0v) is 13.5. The monoisotopic (exact) mass is 319 g/mol. The van der Waals surface area contributed by atoms with Crippen molar-refractivity contribution in [3.05, 3.63) is 24.3 Å². The third kappa shape index (κ3) is 3.98. The minimum atomic E-state index is -0.144. The molecule has 1 fully saturated rings. The van der Waals surface area contributed by atoms with E-state index in [0.29, 0.717) is 30.1 Å². The average molecular weight is 319 g/mol. The van der Waals surface area contributed by atoms with Crippen LogP contribution in [0.2, 0.25) is 0 Å². The van der Waals surface area contributed by atoms with E-state index in [1.165, 1.54) is 0 Å². The molecule has 1 amide bonds. The van der Waals surface area contributed by atoms with Gasteiger partial charge in [0, 0.05) is 6.04 Å². The minimum absolute atomic E-state index is 0.0988. The maximum absolute atomic E-state index is 12.3. The van der Waals surface area contributed by atoms with Crippen LogP contribution in [0.1, 0.15) is 39.0 Å². The van der Waals surface area contributed by atoms with Crippen molar-refractivity contribution in [3.63, 3.8) is 0 Å². The Morgan fingerprint density at radius 2 is 2.30 bits per heavy atom. The van der Waals surface area contributed by atoms with Crippen LogP contribution in [-0.4, -0.2) is 34.7 Å². The van der Waals surface area contributed by atoms with Gasteiger partial charge in [-0.3, -0.25) is 4.79 Å². The van der Waals surface area contributed by atoms with Crippen LogP contribution in [0, 0.1) is 0 Å². The van der Waals surface area contributed by atoms with Crippen molar-refractivity contribution < 1.29 is 18.5 Å². The molecule has 2 aromatic heterocycles. The van der Waals surface area contributed by atoms with E-state index >= 15 is 0 Å². The largest absolute Gasteiger partial charge is 0.459 e. The Hall–Kier alpha value is -2.15. The van der Waals surface area contributed by atoms with Gasteiger partial charge in [-0.1, -0.05) is 6.92 Å². The van der Waals surface area contributed by atoms with Crippen molar-refractivity contribution in [2.45, 2.75) is 51.7 Å². The topological polar surface area (TPSA) is 85.6 Å². The van der Waals surface area contributed by atoms with Gasteiger partial charge in [-0.15, -0.1) is 10.2 Å².